The number of piperidine rings is 1. The molecular formula is C18H28N4O3S. The molecule has 0 saturated carbocycles. The Balaban J connectivity index is 1.49. The number of benzene rings is 1. The van der Waals surface area contributed by atoms with Gasteiger partial charge in [0.2, 0.25) is 15.9 Å². The third-order valence-electron chi connectivity index (χ3n) is 5.02. The summed E-state index contributed by atoms with van der Waals surface area (Å²) in [7, 11) is -3.46. The topological polar surface area (TPSA) is 81.8 Å². The highest BCUT2D eigenvalue weighted by Crippen LogP contribution is 2.18. The van der Waals surface area contributed by atoms with Gasteiger partial charge in [-0.3, -0.25) is 9.69 Å². The highest BCUT2D eigenvalue weighted by molar-refractivity contribution is 7.89. The second kappa shape index (κ2) is 8.47. The molecule has 0 spiro atoms. The van der Waals surface area contributed by atoms with Crippen LogP contribution in [0.5, 0.6) is 0 Å². The molecule has 144 valence electrons. The number of sulfonamides is 1. The van der Waals surface area contributed by atoms with Gasteiger partial charge in [0.1, 0.15) is 0 Å². The second-order valence-corrected chi connectivity index (χ2v) is 9.04. The zero-order valence-corrected chi connectivity index (χ0v) is 16.1. The molecule has 3 rings (SSSR count). The molecule has 2 aliphatic heterocycles. The van der Waals surface area contributed by atoms with Gasteiger partial charge in [-0.05, 0) is 38.4 Å². The maximum absolute atomic E-state index is 12.7. The summed E-state index contributed by atoms with van der Waals surface area (Å²) in [5, 5.41) is 6.35. The van der Waals surface area contributed by atoms with Crippen LogP contribution in [0.3, 0.4) is 0 Å². The highest BCUT2D eigenvalue weighted by atomic mass is 32.2. The minimum Gasteiger partial charge on any atom is -0.351 e. The summed E-state index contributed by atoms with van der Waals surface area (Å²) in [6, 6.07) is 7.14. The maximum Gasteiger partial charge on any atom is 0.243 e. The summed E-state index contributed by atoms with van der Waals surface area (Å²) in [6.07, 6.45) is 2.10. The SMILES string of the molecule is Cc1ccc(S(=O)(=O)N2CCN(CC(=O)NC3CCCNC3)CC2)cc1. The lowest BCUT2D eigenvalue weighted by molar-refractivity contribution is -0.123. The van der Waals surface area contributed by atoms with Crippen LogP contribution in [0.2, 0.25) is 0 Å². The second-order valence-electron chi connectivity index (χ2n) is 7.10. The minimum absolute atomic E-state index is 0.0218. The summed E-state index contributed by atoms with van der Waals surface area (Å²) in [5.74, 6) is 0.0218. The van der Waals surface area contributed by atoms with Gasteiger partial charge in [-0.1, -0.05) is 17.7 Å². The van der Waals surface area contributed by atoms with Gasteiger partial charge >= 0.3 is 0 Å². The van der Waals surface area contributed by atoms with Crippen molar-refractivity contribution in [2.24, 2.45) is 0 Å². The number of aryl methyl sites for hydroxylation is 1. The monoisotopic (exact) mass is 380 g/mol. The number of hydrogen-bond acceptors (Lipinski definition) is 5. The number of hydrogen-bond donors (Lipinski definition) is 2. The van der Waals surface area contributed by atoms with Crippen molar-refractivity contribution in [3.63, 3.8) is 0 Å². The zero-order valence-electron chi connectivity index (χ0n) is 15.3. The lowest BCUT2D eigenvalue weighted by Crippen LogP contribution is -2.53. The first-order valence-electron chi connectivity index (χ1n) is 9.24. The highest BCUT2D eigenvalue weighted by Gasteiger charge is 2.29. The Labute approximate surface area is 155 Å². The van der Waals surface area contributed by atoms with E-state index in [1.165, 1.54) is 4.31 Å². The number of piperazine rings is 1. The summed E-state index contributed by atoms with van der Waals surface area (Å²) in [6.45, 7) is 6.07. The van der Waals surface area contributed by atoms with E-state index in [2.05, 4.69) is 10.6 Å². The quantitative estimate of drug-likeness (QED) is 0.761. The zero-order chi connectivity index (χ0) is 18.6. The Kier molecular flexibility index (Phi) is 6.29. The predicted octanol–water partition coefficient (Wildman–Crippen LogP) is 0.170. The van der Waals surface area contributed by atoms with Gasteiger partial charge in [0.25, 0.3) is 0 Å². The van der Waals surface area contributed by atoms with Crippen molar-refractivity contribution in [2.75, 3.05) is 45.8 Å². The molecule has 1 aromatic rings. The average Bonchev–Trinajstić information content (AvgIpc) is 2.63. The largest absolute Gasteiger partial charge is 0.351 e. The van der Waals surface area contributed by atoms with E-state index in [0.29, 0.717) is 37.6 Å². The third-order valence-corrected chi connectivity index (χ3v) is 6.93. The minimum atomic E-state index is -3.46. The molecule has 0 aromatic heterocycles. The van der Waals surface area contributed by atoms with Crippen LogP contribution in [0.4, 0.5) is 0 Å². The smallest absolute Gasteiger partial charge is 0.243 e. The van der Waals surface area contributed by atoms with E-state index < -0.39 is 10.0 Å². The third kappa shape index (κ3) is 4.82. The van der Waals surface area contributed by atoms with Crippen LogP contribution < -0.4 is 10.6 Å². The molecule has 2 fully saturated rings. The average molecular weight is 381 g/mol. The van der Waals surface area contributed by atoms with E-state index in [0.717, 1.165) is 31.5 Å². The van der Waals surface area contributed by atoms with E-state index in [9.17, 15) is 13.2 Å². The van der Waals surface area contributed by atoms with Gasteiger partial charge in [-0.15, -0.1) is 0 Å². The Bertz CT molecular complexity index is 706. The molecule has 1 atom stereocenters. The molecule has 2 N–H and O–H groups in total. The van der Waals surface area contributed by atoms with Gasteiger partial charge in [-0.25, -0.2) is 8.42 Å². The van der Waals surface area contributed by atoms with Crippen LogP contribution in [-0.2, 0) is 14.8 Å². The summed E-state index contributed by atoms with van der Waals surface area (Å²) in [4.78, 5) is 14.6. The van der Waals surface area contributed by atoms with Crippen LogP contribution in [0, 0.1) is 6.92 Å². The number of carbonyl (C=O) groups is 1. The number of nitrogens with one attached hydrogen (secondary N) is 2. The van der Waals surface area contributed by atoms with Crippen LogP contribution in [-0.4, -0.2) is 75.4 Å². The Morgan fingerprint density at radius 2 is 1.88 bits per heavy atom. The molecule has 2 aliphatic rings. The van der Waals surface area contributed by atoms with Crippen molar-refractivity contribution in [1.82, 2.24) is 19.8 Å². The standard InChI is InChI=1S/C18H28N4O3S/c1-15-4-6-17(7-5-15)26(24,25)22-11-9-21(10-12-22)14-18(23)20-16-3-2-8-19-13-16/h4-7,16,19H,2-3,8-14H2,1H3,(H,20,23). The van der Waals surface area contributed by atoms with Gasteiger partial charge < -0.3 is 10.6 Å². The summed E-state index contributed by atoms with van der Waals surface area (Å²) < 4.78 is 26.9. The van der Waals surface area contributed by atoms with Gasteiger partial charge in [0.05, 0.1) is 11.4 Å². The van der Waals surface area contributed by atoms with Crippen molar-refractivity contribution < 1.29 is 13.2 Å². The molecule has 0 radical (unpaired) electrons. The summed E-state index contributed by atoms with van der Waals surface area (Å²) in [5.41, 5.74) is 1.04. The fourth-order valence-corrected chi connectivity index (χ4v) is 4.86. The Hall–Kier alpha value is -1.48. The lowest BCUT2D eigenvalue weighted by Gasteiger charge is -2.34. The summed E-state index contributed by atoms with van der Waals surface area (Å²) >= 11 is 0. The van der Waals surface area contributed by atoms with Crippen molar-refractivity contribution in [2.45, 2.75) is 30.7 Å². The van der Waals surface area contributed by atoms with Crippen molar-refractivity contribution in [3.05, 3.63) is 29.8 Å². The predicted molar refractivity (Wildman–Crippen MR) is 100 cm³/mol. The van der Waals surface area contributed by atoms with Crippen LogP contribution in [0.25, 0.3) is 0 Å². The van der Waals surface area contributed by atoms with E-state index in [-0.39, 0.29) is 11.9 Å². The van der Waals surface area contributed by atoms with E-state index >= 15 is 0 Å². The molecule has 26 heavy (non-hydrogen) atoms. The normalized spacial score (nSPS) is 22.9. The molecule has 2 heterocycles. The first kappa shape index (κ1) is 19.3. The fourth-order valence-electron chi connectivity index (χ4n) is 3.44. The Morgan fingerprint density at radius 3 is 2.50 bits per heavy atom. The van der Waals surface area contributed by atoms with Crippen LogP contribution in [0.1, 0.15) is 18.4 Å². The lowest BCUT2D eigenvalue weighted by atomic mass is 10.1. The molecule has 2 saturated heterocycles. The van der Waals surface area contributed by atoms with E-state index in [1.54, 1.807) is 12.1 Å². The molecule has 1 unspecified atom stereocenters. The fraction of sp³-hybridized carbons (Fsp3) is 0.611. The molecule has 0 bridgehead atoms. The van der Waals surface area contributed by atoms with Crippen molar-refractivity contribution in [3.8, 4) is 0 Å². The number of nitrogens with zero attached hydrogens (tertiary/aromatic N) is 2. The molecular weight excluding hydrogens is 352 g/mol. The van der Waals surface area contributed by atoms with E-state index in [1.807, 2.05) is 24.0 Å². The van der Waals surface area contributed by atoms with E-state index in [4.69, 9.17) is 0 Å². The number of rotatable bonds is 5. The van der Waals surface area contributed by atoms with Gasteiger partial charge in [-0.2, -0.15) is 4.31 Å². The molecule has 0 aliphatic carbocycles. The van der Waals surface area contributed by atoms with Crippen LogP contribution in [0.15, 0.2) is 29.2 Å². The number of carbonyl (C=O) groups excluding carboxylic acids is 1. The van der Waals surface area contributed by atoms with Crippen molar-refractivity contribution >= 4 is 15.9 Å². The maximum atomic E-state index is 12.7. The first-order chi connectivity index (χ1) is 12.4. The molecule has 8 heteroatoms. The Morgan fingerprint density at radius 1 is 1.19 bits per heavy atom. The van der Waals surface area contributed by atoms with Crippen LogP contribution >= 0.6 is 0 Å². The first-order valence-corrected chi connectivity index (χ1v) is 10.7. The van der Waals surface area contributed by atoms with Gasteiger partial charge in [0.15, 0.2) is 0 Å². The van der Waals surface area contributed by atoms with Crippen molar-refractivity contribution in [1.29, 1.82) is 0 Å². The number of amides is 1. The molecule has 1 aromatic carbocycles. The molecule has 7 nitrogen and oxygen atoms in total. The van der Waals surface area contributed by atoms with Gasteiger partial charge in [0, 0.05) is 38.8 Å². The molecule has 1 amide bonds.